The van der Waals surface area contributed by atoms with Crippen LogP contribution < -0.4 is 15.5 Å². The van der Waals surface area contributed by atoms with Crippen molar-refractivity contribution in [3.63, 3.8) is 0 Å². The standard InChI is InChI=1S/C15H17N5O4/c16-12-10-20(24-14(22)11-4-2-1-3-5-11)17-13(12)19-7-6-18(8-9-21)15(19)23/h1-5,10,21H,6-9,16H2. The van der Waals surface area contributed by atoms with Gasteiger partial charge in [-0.2, -0.15) is 0 Å². The van der Waals surface area contributed by atoms with E-state index in [0.717, 1.165) is 4.85 Å². The molecule has 24 heavy (non-hydrogen) atoms. The Hall–Kier alpha value is -3.07. The molecule has 1 aliphatic heterocycles. The molecule has 0 saturated carbocycles. The second kappa shape index (κ2) is 6.59. The number of β-amino-alcohol motifs (C(OH)–C–C–N with tert-alkyl or cyclic N) is 1. The average Bonchev–Trinajstić information content (AvgIpc) is 3.12. The number of nitrogen functional groups attached to an aromatic ring is 1. The van der Waals surface area contributed by atoms with Crippen molar-refractivity contribution in [1.82, 2.24) is 14.8 Å². The highest BCUT2D eigenvalue weighted by Crippen LogP contribution is 2.24. The highest BCUT2D eigenvalue weighted by molar-refractivity contribution is 5.95. The number of carbonyl (C=O) groups excluding carboxylic acids is 2. The van der Waals surface area contributed by atoms with Gasteiger partial charge in [0.2, 0.25) is 0 Å². The van der Waals surface area contributed by atoms with Crippen LogP contribution in [0, 0.1) is 0 Å². The molecule has 2 heterocycles. The molecule has 0 aliphatic carbocycles. The van der Waals surface area contributed by atoms with Gasteiger partial charge in [0, 0.05) is 19.6 Å². The summed E-state index contributed by atoms with van der Waals surface area (Å²) < 4.78 is 0. The van der Waals surface area contributed by atoms with Crippen molar-refractivity contribution < 1.29 is 19.5 Å². The smallest absolute Gasteiger partial charge is 0.365 e. The number of nitrogens with two attached hydrogens (primary N) is 1. The number of anilines is 2. The van der Waals surface area contributed by atoms with E-state index >= 15 is 0 Å². The number of urea groups is 1. The van der Waals surface area contributed by atoms with E-state index in [-0.39, 0.29) is 30.7 Å². The summed E-state index contributed by atoms with van der Waals surface area (Å²) in [4.78, 5) is 33.2. The van der Waals surface area contributed by atoms with Gasteiger partial charge in [-0.05, 0) is 12.1 Å². The molecule has 126 valence electrons. The Morgan fingerprint density at radius 3 is 2.75 bits per heavy atom. The Balaban J connectivity index is 1.74. The van der Waals surface area contributed by atoms with E-state index in [2.05, 4.69) is 5.10 Å². The summed E-state index contributed by atoms with van der Waals surface area (Å²) in [5.74, 6) is -0.361. The first-order valence-corrected chi connectivity index (χ1v) is 7.40. The molecular weight excluding hydrogens is 314 g/mol. The zero-order valence-electron chi connectivity index (χ0n) is 12.8. The van der Waals surface area contributed by atoms with Crippen LogP contribution in [0.3, 0.4) is 0 Å². The Bertz CT molecular complexity index is 746. The molecule has 1 aromatic heterocycles. The van der Waals surface area contributed by atoms with Crippen LogP contribution in [0.15, 0.2) is 36.5 Å². The fourth-order valence-corrected chi connectivity index (χ4v) is 2.43. The molecule has 0 unspecified atom stereocenters. The summed E-state index contributed by atoms with van der Waals surface area (Å²) >= 11 is 0. The lowest BCUT2D eigenvalue weighted by Gasteiger charge is -2.16. The van der Waals surface area contributed by atoms with Gasteiger partial charge in [-0.3, -0.25) is 4.90 Å². The van der Waals surface area contributed by atoms with E-state index in [9.17, 15) is 9.59 Å². The Morgan fingerprint density at radius 1 is 1.29 bits per heavy atom. The van der Waals surface area contributed by atoms with Gasteiger partial charge in [0.25, 0.3) is 0 Å². The van der Waals surface area contributed by atoms with Gasteiger partial charge in [0.05, 0.1) is 24.1 Å². The summed E-state index contributed by atoms with van der Waals surface area (Å²) in [6, 6.07) is 8.17. The molecule has 1 aliphatic rings. The number of rotatable bonds is 5. The highest BCUT2D eigenvalue weighted by atomic mass is 16.7. The zero-order chi connectivity index (χ0) is 17.1. The summed E-state index contributed by atoms with van der Waals surface area (Å²) in [7, 11) is 0. The molecule has 0 atom stereocenters. The van der Waals surface area contributed by atoms with E-state index < -0.39 is 5.97 Å². The topological polar surface area (TPSA) is 114 Å². The normalized spacial score (nSPS) is 14.3. The first kappa shape index (κ1) is 15.8. The molecule has 0 bridgehead atoms. The van der Waals surface area contributed by atoms with E-state index in [4.69, 9.17) is 15.7 Å². The third kappa shape index (κ3) is 3.01. The predicted molar refractivity (Wildman–Crippen MR) is 85.4 cm³/mol. The number of benzene rings is 1. The molecule has 0 spiro atoms. The van der Waals surface area contributed by atoms with Crippen molar-refractivity contribution in [3.05, 3.63) is 42.1 Å². The van der Waals surface area contributed by atoms with Crippen LogP contribution in [0.4, 0.5) is 16.3 Å². The van der Waals surface area contributed by atoms with Crippen LogP contribution >= 0.6 is 0 Å². The zero-order valence-corrected chi connectivity index (χ0v) is 12.8. The SMILES string of the molecule is Nc1cn(OC(=O)c2ccccc2)nc1N1CCN(CCO)C1=O. The van der Waals surface area contributed by atoms with Gasteiger partial charge in [0.1, 0.15) is 0 Å². The molecule has 2 aromatic rings. The molecule has 1 fully saturated rings. The van der Waals surface area contributed by atoms with Crippen LogP contribution in [0.1, 0.15) is 10.4 Å². The molecule has 9 nitrogen and oxygen atoms in total. The van der Waals surface area contributed by atoms with E-state index in [1.165, 1.54) is 16.0 Å². The molecule has 3 N–H and O–H groups in total. The number of carbonyl (C=O) groups is 2. The number of hydrogen-bond donors (Lipinski definition) is 2. The van der Waals surface area contributed by atoms with Crippen molar-refractivity contribution in [1.29, 1.82) is 0 Å². The van der Waals surface area contributed by atoms with Crippen LogP contribution in [-0.2, 0) is 0 Å². The number of aliphatic hydroxyl groups is 1. The predicted octanol–water partition coefficient (Wildman–Crippen LogP) is -0.0314. The number of nitrogens with zero attached hydrogens (tertiary/aromatic N) is 4. The van der Waals surface area contributed by atoms with Crippen LogP contribution in [0.5, 0.6) is 0 Å². The van der Waals surface area contributed by atoms with Gasteiger partial charge in [-0.1, -0.05) is 23.0 Å². The minimum absolute atomic E-state index is 0.113. The molecule has 1 aromatic carbocycles. The third-order valence-electron chi connectivity index (χ3n) is 3.61. The Morgan fingerprint density at radius 2 is 2.04 bits per heavy atom. The van der Waals surface area contributed by atoms with Crippen LogP contribution in [0.25, 0.3) is 0 Å². The number of aromatic nitrogens is 2. The van der Waals surface area contributed by atoms with Crippen LogP contribution in [0.2, 0.25) is 0 Å². The molecule has 1 saturated heterocycles. The van der Waals surface area contributed by atoms with Crippen molar-refractivity contribution in [2.24, 2.45) is 0 Å². The first-order valence-electron chi connectivity index (χ1n) is 7.40. The quantitative estimate of drug-likeness (QED) is 0.795. The van der Waals surface area contributed by atoms with Crippen LogP contribution in [-0.4, -0.2) is 58.2 Å². The second-order valence-corrected chi connectivity index (χ2v) is 5.20. The molecular formula is C15H17N5O4. The van der Waals surface area contributed by atoms with Crippen molar-refractivity contribution in [3.8, 4) is 0 Å². The number of amides is 2. The fraction of sp³-hybridized carbons (Fsp3) is 0.267. The average molecular weight is 331 g/mol. The highest BCUT2D eigenvalue weighted by Gasteiger charge is 2.32. The van der Waals surface area contributed by atoms with E-state index in [1.807, 2.05) is 0 Å². The summed E-state index contributed by atoms with van der Waals surface area (Å²) in [5.41, 5.74) is 6.47. The lowest BCUT2D eigenvalue weighted by Crippen LogP contribution is -2.34. The van der Waals surface area contributed by atoms with Gasteiger partial charge in [-0.25, -0.2) is 9.59 Å². The summed E-state index contributed by atoms with van der Waals surface area (Å²) in [6.45, 7) is 0.999. The minimum atomic E-state index is -0.584. The Kier molecular flexibility index (Phi) is 4.34. The fourth-order valence-electron chi connectivity index (χ4n) is 2.43. The second-order valence-electron chi connectivity index (χ2n) is 5.20. The number of hydrogen-bond acceptors (Lipinski definition) is 6. The van der Waals surface area contributed by atoms with Crippen molar-refractivity contribution in [2.45, 2.75) is 0 Å². The number of aliphatic hydroxyl groups excluding tert-OH is 1. The molecule has 9 heteroatoms. The van der Waals surface area contributed by atoms with Gasteiger partial charge < -0.3 is 20.6 Å². The minimum Gasteiger partial charge on any atom is -0.395 e. The summed E-state index contributed by atoms with van der Waals surface area (Å²) in [5, 5.41) is 13.0. The van der Waals surface area contributed by atoms with Crippen molar-refractivity contribution in [2.75, 3.05) is 36.9 Å². The maximum absolute atomic E-state index is 12.2. The maximum atomic E-state index is 12.2. The lowest BCUT2D eigenvalue weighted by atomic mass is 10.2. The third-order valence-corrected chi connectivity index (χ3v) is 3.61. The Labute approximate surface area is 137 Å². The van der Waals surface area contributed by atoms with E-state index in [1.54, 1.807) is 30.3 Å². The lowest BCUT2D eigenvalue weighted by molar-refractivity contribution is 0.0396. The van der Waals surface area contributed by atoms with Crippen molar-refractivity contribution >= 4 is 23.5 Å². The van der Waals surface area contributed by atoms with E-state index in [0.29, 0.717) is 18.7 Å². The summed E-state index contributed by atoms with van der Waals surface area (Å²) in [6.07, 6.45) is 1.33. The molecule has 3 rings (SSSR count). The van der Waals surface area contributed by atoms with Gasteiger partial charge in [-0.15, -0.1) is 5.10 Å². The first-order chi connectivity index (χ1) is 11.6. The molecule has 0 radical (unpaired) electrons. The van der Waals surface area contributed by atoms with Gasteiger partial charge in [0.15, 0.2) is 5.82 Å². The monoisotopic (exact) mass is 331 g/mol. The largest absolute Gasteiger partial charge is 0.395 e. The van der Waals surface area contributed by atoms with Gasteiger partial charge >= 0.3 is 12.0 Å². The molecule has 2 amide bonds. The maximum Gasteiger partial charge on any atom is 0.365 e.